The van der Waals surface area contributed by atoms with E-state index in [4.69, 9.17) is 21.8 Å². The number of nitrogens with zero attached hydrogens (tertiary/aromatic N) is 1. The molecular weight excluding hydrogens is 243 g/mol. The van der Waals surface area contributed by atoms with E-state index in [-0.39, 0.29) is 10.9 Å². The normalized spacial score (nSPS) is 13.2. The van der Waals surface area contributed by atoms with E-state index in [9.17, 15) is 4.39 Å². The largest absolute Gasteiger partial charge is 0.440 e. The Morgan fingerprint density at radius 1 is 1.53 bits per heavy atom. The van der Waals surface area contributed by atoms with E-state index < -0.39 is 5.82 Å². The molecule has 0 bridgehead atoms. The second kappa shape index (κ2) is 5.02. The van der Waals surface area contributed by atoms with Gasteiger partial charge in [-0.3, -0.25) is 0 Å². The molecule has 0 radical (unpaired) electrons. The molecule has 92 valence electrons. The summed E-state index contributed by atoms with van der Waals surface area (Å²) < 4.78 is 18.8. The first-order valence-corrected chi connectivity index (χ1v) is 5.99. The monoisotopic (exact) mass is 256 g/mol. The van der Waals surface area contributed by atoms with Gasteiger partial charge in [0.15, 0.2) is 11.5 Å². The topological polar surface area (TPSA) is 52.0 Å². The van der Waals surface area contributed by atoms with Crippen LogP contribution in [0.2, 0.25) is 5.02 Å². The molecule has 0 aliphatic carbocycles. The molecule has 2 N–H and O–H groups in total. The van der Waals surface area contributed by atoms with Crippen molar-refractivity contribution in [1.29, 1.82) is 0 Å². The quantitative estimate of drug-likeness (QED) is 0.911. The third-order valence-corrected chi connectivity index (χ3v) is 3.01. The summed E-state index contributed by atoms with van der Waals surface area (Å²) in [6.45, 7) is 2.54. The predicted octanol–water partition coefficient (Wildman–Crippen LogP) is 3.46. The first-order chi connectivity index (χ1) is 8.15. The zero-order chi connectivity index (χ0) is 12.4. The number of oxazole rings is 1. The molecule has 0 spiro atoms. The molecule has 2 aromatic rings. The van der Waals surface area contributed by atoms with E-state index in [1.165, 1.54) is 12.1 Å². The van der Waals surface area contributed by atoms with E-state index in [2.05, 4.69) is 11.9 Å². The third-order valence-electron chi connectivity index (χ3n) is 2.72. The van der Waals surface area contributed by atoms with Gasteiger partial charge < -0.3 is 10.2 Å². The standard InChI is InChI=1S/C12H14ClFN2O/c1-2-3-7(6-15)12-16-10-4-8(13)9(14)5-11(10)17-12/h4-5,7H,2-3,6,15H2,1H3. The number of aromatic nitrogens is 1. The molecular formula is C12H14ClFN2O. The molecule has 17 heavy (non-hydrogen) atoms. The van der Waals surface area contributed by atoms with Gasteiger partial charge in [0.1, 0.15) is 11.3 Å². The minimum atomic E-state index is -0.498. The number of fused-ring (bicyclic) bond motifs is 1. The maximum Gasteiger partial charge on any atom is 0.199 e. The molecule has 0 saturated carbocycles. The van der Waals surface area contributed by atoms with E-state index in [1.54, 1.807) is 0 Å². The second-order valence-electron chi connectivity index (χ2n) is 4.01. The summed E-state index contributed by atoms with van der Waals surface area (Å²) in [7, 11) is 0. The van der Waals surface area contributed by atoms with Crippen LogP contribution in [0, 0.1) is 5.82 Å². The lowest BCUT2D eigenvalue weighted by Gasteiger charge is -2.07. The summed E-state index contributed by atoms with van der Waals surface area (Å²) in [4.78, 5) is 4.31. The molecule has 1 heterocycles. The first kappa shape index (κ1) is 12.3. The minimum absolute atomic E-state index is 0.0529. The lowest BCUT2D eigenvalue weighted by molar-refractivity contribution is 0.452. The van der Waals surface area contributed by atoms with Gasteiger partial charge in [-0.05, 0) is 12.5 Å². The molecule has 1 unspecified atom stereocenters. The van der Waals surface area contributed by atoms with Crippen molar-refractivity contribution in [2.75, 3.05) is 6.54 Å². The highest BCUT2D eigenvalue weighted by molar-refractivity contribution is 6.31. The fourth-order valence-corrected chi connectivity index (χ4v) is 1.96. The molecule has 1 atom stereocenters. The molecule has 3 nitrogen and oxygen atoms in total. The van der Waals surface area contributed by atoms with Crippen molar-refractivity contribution in [3.63, 3.8) is 0 Å². The molecule has 1 aromatic heterocycles. The van der Waals surface area contributed by atoms with Gasteiger partial charge in [0, 0.05) is 18.5 Å². The first-order valence-electron chi connectivity index (χ1n) is 5.61. The van der Waals surface area contributed by atoms with Gasteiger partial charge in [0.2, 0.25) is 0 Å². The van der Waals surface area contributed by atoms with Crippen LogP contribution < -0.4 is 5.73 Å². The molecule has 0 aliphatic heterocycles. The average Bonchev–Trinajstić information content (AvgIpc) is 2.69. The zero-order valence-corrected chi connectivity index (χ0v) is 10.3. The molecule has 2 rings (SSSR count). The van der Waals surface area contributed by atoms with Crippen LogP contribution in [0.1, 0.15) is 31.6 Å². The van der Waals surface area contributed by atoms with Crippen molar-refractivity contribution in [3.05, 3.63) is 28.9 Å². The number of rotatable bonds is 4. The average molecular weight is 257 g/mol. The number of halogens is 2. The Morgan fingerprint density at radius 2 is 2.29 bits per heavy atom. The number of benzene rings is 1. The van der Waals surface area contributed by atoms with Crippen molar-refractivity contribution in [3.8, 4) is 0 Å². The summed E-state index contributed by atoms with van der Waals surface area (Å²) in [6.07, 6.45) is 1.90. The summed E-state index contributed by atoms with van der Waals surface area (Å²) >= 11 is 5.69. The van der Waals surface area contributed by atoms with Crippen LogP contribution >= 0.6 is 11.6 Å². The Labute approximate surface area is 104 Å². The molecule has 0 saturated heterocycles. The van der Waals surface area contributed by atoms with Gasteiger partial charge >= 0.3 is 0 Å². The maximum atomic E-state index is 13.2. The van der Waals surface area contributed by atoms with Crippen molar-refractivity contribution in [2.24, 2.45) is 5.73 Å². The molecule has 0 amide bonds. The van der Waals surface area contributed by atoms with Crippen LogP contribution in [0.25, 0.3) is 11.1 Å². The smallest absolute Gasteiger partial charge is 0.199 e. The van der Waals surface area contributed by atoms with Crippen molar-refractivity contribution in [2.45, 2.75) is 25.7 Å². The molecule has 0 fully saturated rings. The SMILES string of the molecule is CCCC(CN)c1nc2cc(Cl)c(F)cc2o1. The summed E-state index contributed by atoms with van der Waals surface area (Å²) in [5.74, 6) is 0.141. The lowest BCUT2D eigenvalue weighted by atomic mass is 10.0. The van der Waals surface area contributed by atoms with Gasteiger partial charge in [-0.2, -0.15) is 0 Å². The van der Waals surface area contributed by atoms with Gasteiger partial charge in [0.25, 0.3) is 0 Å². The fourth-order valence-electron chi connectivity index (χ4n) is 1.81. The van der Waals surface area contributed by atoms with E-state index in [0.29, 0.717) is 23.5 Å². The summed E-state index contributed by atoms with van der Waals surface area (Å²) in [5.41, 5.74) is 6.66. The van der Waals surface area contributed by atoms with Crippen molar-refractivity contribution >= 4 is 22.7 Å². The van der Waals surface area contributed by atoms with Crippen LogP contribution in [-0.2, 0) is 0 Å². The Bertz CT molecular complexity index is 487. The van der Waals surface area contributed by atoms with Crippen LogP contribution in [0.3, 0.4) is 0 Å². The highest BCUT2D eigenvalue weighted by Gasteiger charge is 2.17. The Kier molecular flexibility index (Phi) is 3.64. The highest BCUT2D eigenvalue weighted by atomic mass is 35.5. The van der Waals surface area contributed by atoms with Gasteiger partial charge in [-0.1, -0.05) is 24.9 Å². The van der Waals surface area contributed by atoms with Crippen LogP contribution in [0.5, 0.6) is 0 Å². The van der Waals surface area contributed by atoms with Crippen LogP contribution in [0.4, 0.5) is 4.39 Å². The second-order valence-corrected chi connectivity index (χ2v) is 4.41. The van der Waals surface area contributed by atoms with Crippen LogP contribution in [-0.4, -0.2) is 11.5 Å². The highest BCUT2D eigenvalue weighted by Crippen LogP contribution is 2.27. The van der Waals surface area contributed by atoms with E-state index in [1.807, 2.05) is 0 Å². The zero-order valence-electron chi connectivity index (χ0n) is 9.54. The van der Waals surface area contributed by atoms with Gasteiger partial charge in [-0.25, -0.2) is 9.37 Å². The summed E-state index contributed by atoms with van der Waals surface area (Å²) in [5, 5.41) is 0.0529. The molecule has 1 aromatic carbocycles. The number of hydrogen-bond acceptors (Lipinski definition) is 3. The number of nitrogens with two attached hydrogens (primary N) is 1. The molecule has 0 aliphatic rings. The minimum Gasteiger partial charge on any atom is -0.440 e. The molecule has 5 heteroatoms. The fraction of sp³-hybridized carbons (Fsp3) is 0.417. The predicted molar refractivity (Wildman–Crippen MR) is 65.7 cm³/mol. The van der Waals surface area contributed by atoms with Gasteiger partial charge in [0.05, 0.1) is 5.02 Å². The van der Waals surface area contributed by atoms with Crippen molar-refractivity contribution < 1.29 is 8.81 Å². The Hall–Kier alpha value is -1.13. The van der Waals surface area contributed by atoms with E-state index >= 15 is 0 Å². The third kappa shape index (κ3) is 2.42. The maximum absolute atomic E-state index is 13.2. The Morgan fingerprint density at radius 3 is 2.94 bits per heavy atom. The Balaban J connectivity index is 2.43. The van der Waals surface area contributed by atoms with Crippen LogP contribution in [0.15, 0.2) is 16.5 Å². The van der Waals surface area contributed by atoms with E-state index in [0.717, 1.165) is 12.8 Å². The number of hydrogen-bond donors (Lipinski definition) is 1. The lowest BCUT2D eigenvalue weighted by Crippen LogP contribution is -2.12. The van der Waals surface area contributed by atoms with Crippen molar-refractivity contribution in [1.82, 2.24) is 4.98 Å². The summed E-state index contributed by atoms with van der Waals surface area (Å²) in [6, 6.07) is 2.73. The van der Waals surface area contributed by atoms with Gasteiger partial charge in [-0.15, -0.1) is 0 Å².